The van der Waals surface area contributed by atoms with E-state index in [1.165, 1.54) is 12.1 Å². The van der Waals surface area contributed by atoms with Crippen LogP contribution in [0.15, 0.2) is 84.9 Å². The zero-order valence-electron chi connectivity index (χ0n) is 30.2. The molecule has 4 aromatic rings. The summed E-state index contributed by atoms with van der Waals surface area (Å²) in [5, 5.41) is 5.87. The van der Waals surface area contributed by atoms with Gasteiger partial charge >= 0.3 is 11.9 Å². The van der Waals surface area contributed by atoms with Crippen LogP contribution in [0.2, 0.25) is 0 Å². The molecule has 0 aliphatic heterocycles. The molecular formula is C42H50N4O6. The lowest BCUT2D eigenvalue weighted by Gasteiger charge is -2.15. The van der Waals surface area contributed by atoms with Gasteiger partial charge in [-0.15, -0.1) is 0 Å². The molecule has 0 aliphatic rings. The van der Waals surface area contributed by atoms with Crippen molar-refractivity contribution < 1.29 is 28.7 Å². The number of hydrogen-bond acceptors (Lipinski definition) is 8. The van der Waals surface area contributed by atoms with E-state index in [1.807, 2.05) is 0 Å². The van der Waals surface area contributed by atoms with Crippen molar-refractivity contribution in [1.29, 1.82) is 0 Å². The number of nitrogens with one attached hydrogen (secondary N) is 2. The van der Waals surface area contributed by atoms with Gasteiger partial charge in [0.2, 0.25) is 0 Å². The highest BCUT2D eigenvalue weighted by atomic mass is 16.5. The monoisotopic (exact) mass is 706 g/mol. The molecule has 0 saturated carbocycles. The van der Waals surface area contributed by atoms with Crippen LogP contribution in [0.5, 0.6) is 0 Å². The van der Waals surface area contributed by atoms with Gasteiger partial charge in [-0.25, -0.2) is 9.59 Å². The molecule has 52 heavy (non-hydrogen) atoms. The van der Waals surface area contributed by atoms with Crippen LogP contribution in [0.4, 0.5) is 11.4 Å². The summed E-state index contributed by atoms with van der Waals surface area (Å²) in [5.74, 6) is -1.57. The molecule has 0 saturated heterocycles. The number of esters is 2. The third-order valence-corrected chi connectivity index (χ3v) is 8.62. The molecule has 10 nitrogen and oxygen atoms in total. The second-order valence-electron chi connectivity index (χ2n) is 12.8. The predicted octanol–water partition coefficient (Wildman–Crippen LogP) is 7.85. The van der Waals surface area contributed by atoms with Gasteiger partial charge in [0.1, 0.15) is 13.2 Å². The first-order chi connectivity index (χ1) is 25.2. The number of anilines is 2. The SMILES string of the molecule is CCCCCCNC(=O)c1ccc(COC(=O)c2cc(N)ccc2-c2ccc(N)cc2C(=O)OCc2ccc(C(=O)NCCCCCC)cc2)cc1. The number of carbonyl (C=O) groups excluding carboxylic acids is 4. The van der Waals surface area contributed by atoms with Gasteiger partial charge in [-0.1, -0.05) is 88.8 Å². The van der Waals surface area contributed by atoms with E-state index in [9.17, 15) is 19.2 Å². The number of ether oxygens (including phenoxy) is 2. The number of amides is 2. The molecule has 0 aliphatic carbocycles. The average Bonchev–Trinajstić information content (AvgIpc) is 3.16. The third kappa shape index (κ3) is 11.7. The summed E-state index contributed by atoms with van der Waals surface area (Å²) in [5.41, 5.74) is 16.5. The molecular weight excluding hydrogens is 656 g/mol. The smallest absolute Gasteiger partial charge is 0.339 e. The topological polar surface area (TPSA) is 163 Å². The van der Waals surface area contributed by atoms with Crippen LogP contribution in [0.1, 0.15) is 118 Å². The summed E-state index contributed by atoms with van der Waals surface area (Å²) in [6.07, 6.45) is 8.60. The summed E-state index contributed by atoms with van der Waals surface area (Å²) >= 11 is 0. The lowest BCUT2D eigenvalue weighted by atomic mass is 9.94. The van der Waals surface area contributed by atoms with E-state index >= 15 is 0 Å². The Hall–Kier alpha value is -5.64. The minimum atomic E-state index is -0.641. The van der Waals surface area contributed by atoms with Crippen molar-refractivity contribution in [3.8, 4) is 11.1 Å². The van der Waals surface area contributed by atoms with Crippen LogP contribution in [0.3, 0.4) is 0 Å². The standard InChI is InChI=1S/C42H50N4O6/c1-3-5-7-9-23-45-39(47)31-15-11-29(12-16-31)27-51-41(49)37-25-33(43)19-21-35(37)36-22-20-34(44)26-38(36)42(50)52-28-30-13-17-32(18-14-30)40(48)46-24-10-8-6-4-2/h11-22,25-26H,3-10,23-24,27-28,43-44H2,1-2H3,(H,45,47)(H,46,48). The summed E-state index contributed by atoms with van der Waals surface area (Å²) < 4.78 is 11.3. The first-order valence-electron chi connectivity index (χ1n) is 18.1. The van der Waals surface area contributed by atoms with Crippen molar-refractivity contribution in [2.75, 3.05) is 24.6 Å². The summed E-state index contributed by atoms with van der Waals surface area (Å²) in [6, 6.07) is 23.3. The molecule has 0 aromatic heterocycles. The Kier molecular flexibility index (Phi) is 15.3. The van der Waals surface area contributed by atoms with Crippen LogP contribution in [-0.4, -0.2) is 36.8 Å². The Bertz CT molecular complexity index is 1670. The van der Waals surface area contributed by atoms with Gasteiger partial charge in [0.15, 0.2) is 0 Å². The highest BCUT2D eigenvalue weighted by molar-refractivity contribution is 6.04. The van der Waals surface area contributed by atoms with E-state index in [1.54, 1.807) is 72.8 Å². The van der Waals surface area contributed by atoms with Gasteiger partial charge in [-0.3, -0.25) is 9.59 Å². The van der Waals surface area contributed by atoms with Crippen LogP contribution in [0, 0.1) is 0 Å². The molecule has 4 rings (SSSR count). The maximum Gasteiger partial charge on any atom is 0.339 e. The lowest BCUT2D eigenvalue weighted by Crippen LogP contribution is -2.24. The maximum absolute atomic E-state index is 13.5. The van der Waals surface area contributed by atoms with Crippen molar-refractivity contribution in [3.63, 3.8) is 0 Å². The molecule has 0 fully saturated rings. The van der Waals surface area contributed by atoms with Gasteiger partial charge in [0.05, 0.1) is 11.1 Å². The fourth-order valence-electron chi connectivity index (χ4n) is 5.60. The van der Waals surface area contributed by atoms with Gasteiger partial charge in [0.25, 0.3) is 11.8 Å². The molecule has 0 atom stereocenters. The predicted molar refractivity (Wildman–Crippen MR) is 205 cm³/mol. The number of nitrogens with two attached hydrogens (primary N) is 2. The molecule has 274 valence electrons. The molecule has 4 aromatic carbocycles. The Morgan fingerprint density at radius 3 is 1.27 bits per heavy atom. The van der Waals surface area contributed by atoms with Crippen molar-refractivity contribution in [2.45, 2.75) is 78.4 Å². The quantitative estimate of drug-likeness (QED) is 0.0435. The Morgan fingerprint density at radius 2 is 0.904 bits per heavy atom. The second kappa shape index (κ2) is 20.3. The van der Waals surface area contributed by atoms with E-state index < -0.39 is 11.9 Å². The lowest BCUT2D eigenvalue weighted by molar-refractivity contribution is 0.0462. The molecule has 6 N–H and O–H groups in total. The van der Waals surface area contributed by atoms with E-state index in [0.29, 0.717) is 57.8 Å². The molecule has 2 amide bonds. The van der Waals surface area contributed by atoms with Crippen molar-refractivity contribution in [3.05, 3.63) is 118 Å². The van der Waals surface area contributed by atoms with Crippen LogP contribution < -0.4 is 22.1 Å². The zero-order chi connectivity index (χ0) is 37.3. The summed E-state index contributed by atoms with van der Waals surface area (Å²) in [6.45, 7) is 5.46. The number of hydrogen-bond donors (Lipinski definition) is 4. The van der Waals surface area contributed by atoms with E-state index in [0.717, 1.165) is 51.4 Å². The van der Waals surface area contributed by atoms with Gasteiger partial charge in [0, 0.05) is 35.6 Å². The molecule has 0 unspecified atom stereocenters. The fourth-order valence-corrected chi connectivity index (χ4v) is 5.60. The molecule has 0 spiro atoms. The molecule has 0 bridgehead atoms. The Labute approximate surface area is 306 Å². The van der Waals surface area contributed by atoms with Crippen molar-refractivity contribution in [2.24, 2.45) is 0 Å². The van der Waals surface area contributed by atoms with Crippen molar-refractivity contribution >= 4 is 35.1 Å². The van der Waals surface area contributed by atoms with Gasteiger partial charge < -0.3 is 31.6 Å². The van der Waals surface area contributed by atoms with E-state index in [-0.39, 0.29) is 36.2 Å². The van der Waals surface area contributed by atoms with Gasteiger partial charge in [-0.05, 0) is 83.6 Å². The van der Waals surface area contributed by atoms with E-state index in [4.69, 9.17) is 20.9 Å². The highest BCUT2D eigenvalue weighted by Crippen LogP contribution is 2.32. The number of carbonyl (C=O) groups is 4. The van der Waals surface area contributed by atoms with Crippen LogP contribution in [0.25, 0.3) is 11.1 Å². The zero-order valence-corrected chi connectivity index (χ0v) is 30.2. The Balaban J connectivity index is 1.40. The number of unbranched alkanes of at least 4 members (excludes halogenated alkanes) is 6. The average molecular weight is 707 g/mol. The van der Waals surface area contributed by atoms with Crippen LogP contribution >= 0.6 is 0 Å². The number of rotatable bonds is 19. The normalized spacial score (nSPS) is 10.7. The summed E-state index contributed by atoms with van der Waals surface area (Å²) in [7, 11) is 0. The second-order valence-corrected chi connectivity index (χ2v) is 12.8. The minimum Gasteiger partial charge on any atom is -0.457 e. The van der Waals surface area contributed by atoms with Gasteiger partial charge in [-0.2, -0.15) is 0 Å². The molecule has 0 radical (unpaired) electrons. The Morgan fingerprint density at radius 1 is 0.519 bits per heavy atom. The first-order valence-corrected chi connectivity index (χ1v) is 18.1. The largest absolute Gasteiger partial charge is 0.457 e. The molecule has 10 heteroatoms. The maximum atomic E-state index is 13.5. The van der Waals surface area contributed by atoms with Crippen LogP contribution in [-0.2, 0) is 22.7 Å². The number of benzene rings is 4. The number of nitrogen functional groups attached to an aromatic ring is 2. The van der Waals surface area contributed by atoms with Crippen molar-refractivity contribution in [1.82, 2.24) is 10.6 Å². The first kappa shape index (κ1) is 39.2. The third-order valence-electron chi connectivity index (χ3n) is 8.62. The fraction of sp³-hybridized carbons (Fsp3) is 0.333. The molecule has 0 heterocycles. The highest BCUT2D eigenvalue weighted by Gasteiger charge is 2.22. The summed E-state index contributed by atoms with van der Waals surface area (Å²) in [4.78, 5) is 51.9. The minimum absolute atomic E-state index is 0.0396. The van der Waals surface area contributed by atoms with E-state index in [2.05, 4.69) is 24.5 Å².